The number of nitrogens with zero attached hydrogens (tertiary/aromatic N) is 3. The molecule has 0 amide bonds. The monoisotopic (exact) mass is 553 g/mol. The molecule has 3 heterocycles. The molecule has 1 atom stereocenters. The van der Waals surface area contributed by atoms with Crippen molar-refractivity contribution in [2.24, 2.45) is 0 Å². The number of piperazine rings is 1. The molecular weight excluding hydrogens is 528 g/mol. The molecule has 38 heavy (non-hydrogen) atoms. The van der Waals surface area contributed by atoms with Crippen LogP contribution in [-0.2, 0) is 9.59 Å². The Labute approximate surface area is 213 Å². The molecule has 4 rings (SSSR count). The molecule has 0 bridgehead atoms. The second-order valence-corrected chi connectivity index (χ2v) is 8.03. The maximum atomic E-state index is 10.6. The number of rotatable bonds is 3. The lowest BCUT2D eigenvalue weighted by molar-refractivity contribution is -0.193. The number of aromatic nitrogens is 1. The van der Waals surface area contributed by atoms with Gasteiger partial charge in [-0.1, -0.05) is 18.2 Å². The Bertz CT molecular complexity index is 1050. The number of aliphatic carboxylic acids is 2. The minimum atomic E-state index is -5.08. The van der Waals surface area contributed by atoms with Crippen molar-refractivity contribution in [3.05, 3.63) is 48.2 Å². The third-order valence-corrected chi connectivity index (χ3v) is 5.08. The molecular formula is C23H25F6N3O6. The zero-order valence-corrected chi connectivity index (χ0v) is 20.0. The van der Waals surface area contributed by atoms with Crippen LogP contribution < -0.4 is 14.4 Å². The summed E-state index contributed by atoms with van der Waals surface area (Å²) in [5.74, 6) is -2.72. The second kappa shape index (κ2) is 13.2. The van der Waals surface area contributed by atoms with Gasteiger partial charge in [-0.25, -0.2) is 14.6 Å². The number of hydrogen-bond acceptors (Lipinski definition) is 7. The van der Waals surface area contributed by atoms with Gasteiger partial charge in [0, 0.05) is 38.4 Å². The Morgan fingerprint density at radius 2 is 1.42 bits per heavy atom. The van der Waals surface area contributed by atoms with E-state index in [1.165, 1.54) is 0 Å². The molecule has 1 aromatic heterocycles. The standard InChI is InChI=1S/C19H23N3O2.2C2HF3O2/c1-15-5-4-8-19(20-15)22-11-9-21(10-12-22)13-16-14-23-17-6-2-3-7-18(17)24-16;2*3-2(4,5)1(6)7/h2-8,16H,9-14H2,1H3;2*(H,6,7). The van der Waals surface area contributed by atoms with E-state index in [0.717, 1.165) is 55.7 Å². The van der Waals surface area contributed by atoms with Crippen molar-refractivity contribution < 1.29 is 55.6 Å². The number of pyridine rings is 1. The van der Waals surface area contributed by atoms with Gasteiger partial charge in [-0.3, -0.25) is 4.90 Å². The summed E-state index contributed by atoms with van der Waals surface area (Å²) in [6.45, 7) is 7.62. The summed E-state index contributed by atoms with van der Waals surface area (Å²) < 4.78 is 75.4. The number of hydrogen-bond donors (Lipinski definition) is 2. The van der Waals surface area contributed by atoms with Gasteiger partial charge < -0.3 is 24.6 Å². The summed E-state index contributed by atoms with van der Waals surface area (Å²) in [7, 11) is 0. The number of carboxylic acid groups (broad SMARTS) is 2. The molecule has 2 aliphatic rings. The highest BCUT2D eigenvalue weighted by Gasteiger charge is 2.38. The zero-order valence-electron chi connectivity index (χ0n) is 20.0. The number of benzene rings is 1. The van der Waals surface area contributed by atoms with E-state index in [1.54, 1.807) is 0 Å². The summed E-state index contributed by atoms with van der Waals surface area (Å²) in [6.07, 6.45) is -10.1. The van der Waals surface area contributed by atoms with Crippen molar-refractivity contribution in [1.82, 2.24) is 9.88 Å². The largest absolute Gasteiger partial charge is 0.490 e. The van der Waals surface area contributed by atoms with Crippen molar-refractivity contribution in [2.75, 3.05) is 44.2 Å². The molecule has 2 N–H and O–H groups in total. The molecule has 2 aliphatic heterocycles. The molecule has 0 aliphatic carbocycles. The van der Waals surface area contributed by atoms with Gasteiger partial charge >= 0.3 is 24.3 Å². The first kappa shape index (κ1) is 30.5. The van der Waals surface area contributed by atoms with Crippen molar-refractivity contribution in [2.45, 2.75) is 25.4 Å². The van der Waals surface area contributed by atoms with Gasteiger partial charge in [-0.2, -0.15) is 26.3 Å². The fraction of sp³-hybridized carbons (Fsp3) is 0.435. The van der Waals surface area contributed by atoms with E-state index < -0.39 is 24.3 Å². The molecule has 9 nitrogen and oxygen atoms in total. The molecule has 1 unspecified atom stereocenters. The van der Waals surface area contributed by atoms with Crippen LogP contribution in [0.5, 0.6) is 11.5 Å². The van der Waals surface area contributed by atoms with Crippen LogP contribution in [0.3, 0.4) is 0 Å². The fourth-order valence-electron chi connectivity index (χ4n) is 3.31. The van der Waals surface area contributed by atoms with Crippen LogP contribution in [0.4, 0.5) is 32.2 Å². The molecule has 15 heteroatoms. The minimum absolute atomic E-state index is 0.101. The molecule has 0 saturated carbocycles. The van der Waals surface area contributed by atoms with E-state index in [4.69, 9.17) is 29.3 Å². The number of ether oxygens (including phenoxy) is 2. The van der Waals surface area contributed by atoms with E-state index in [-0.39, 0.29) is 6.10 Å². The Kier molecular flexibility index (Phi) is 10.6. The average Bonchev–Trinajstić information content (AvgIpc) is 2.84. The van der Waals surface area contributed by atoms with Gasteiger partial charge in [0.05, 0.1) is 0 Å². The number of para-hydroxylation sites is 2. The quantitative estimate of drug-likeness (QED) is 0.551. The van der Waals surface area contributed by atoms with Gasteiger partial charge in [0.1, 0.15) is 18.5 Å². The third kappa shape index (κ3) is 9.95. The van der Waals surface area contributed by atoms with Crippen molar-refractivity contribution in [3.8, 4) is 11.5 Å². The predicted octanol–water partition coefficient (Wildman–Crippen LogP) is 3.62. The summed E-state index contributed by atoms with van der Waals surface area (Å²) in [6, 6.07) is 14.1. The number of fused-ring (bicyclic) bond motifs is 1. The van der Waals surface area contributed by atoms with Crippen LogP contribution >= 0.6 is 0 Å². The molecule has 1 aromatic carbocycles. The highest BCUT2D eigenvalue weighted by Crippen LogP contribution is 2.31. The lowest BCUT2D eigenvalue weighted by Crippen LogP contribution is -2.50. The van der Waals surface area contributed by atoms with Gasteiger partial charge in [-0.05, 0) is 31.2 Å². The SMILES string of the molecule is Cc1cccc(N2CCN(CC3COc4ccccc4O3)CC2)n1.O=C(O)C(F)(F)F.O=C(O)C(F)(F)F. The average molecular weight is 553 g/mol. The number of alkyl halides is 6. The van der Waals surface area contributed by atoms with Crippen molar-refractivity contribution in [1.29, 1.82) is 0 Å². The Balaban J connectivity index is 0.000000301. The van der Waals surface area contributed by atoms with E-state index in [9.17, 15) is 26.3 Å². The van der Waals surface area contributed by atoms with Crippen LogP contribution in [-0.4, -0.2) is 89.8 Å². The maximum absolute atomic E-state index is 10.6. The molecule has 2 aromatic rings. The van der Waals surface area contributed by atoms with E-state index in [1.807, 2.05) is 37.3 Å². The van der Waals surface area contributed by atoms with Gasteiger partial charge in [-0.15, -0.1) is 0 Å². The van der Waals surface area contributed by atoms with Crippen molar-refractivity contribution >= 4 is 17.8 Å². The first-order chi connectivity index (χ1) is 17.7. The van der Waals surface area contributed by atoms with Crippen LogP contribution in [0, 0.1) is 6.92 Å². The van der Waals surface area contributed by atoms with Crippen LogP contribution in [0.25, 0.3) is 0 Å². The lowest BCUT2D eigenvalue weighted by atomic mass is 10.2. The predicted molar refractivity (Wildman–Crippen MR) is 121 cm³/mol. The number of carbonyl (C=O) groups is 2. The number of aryl methyl sites for hydroxylation is 1. The number of halogens is 6. The van der Waals surface area contributed by atoms with E-state index in [0.29, 0.717) is 6.61 Å². The molecule has 210 valence electrons. The van der Waals surface area contributed by atoms with Gasteiger partial charge in [0.2, 0.25) is 0 Å². The van der Waals surface area contributed by atoms with Crippen molar-refractivity contribution in [3.63, 3.8) is 0 Å². The highest BCUT2D eigenvalue weighted by molar-refractivity contribution is 5.73. The summed E-state index contributed by atoms with van der Waals surface area (Å²) in [4.78, 5) is 27.2. The Morgan fingerprint density at radius 3 is 1.92 bits per heavy atom. The fourth-order valence-corrected chi connectivity index (χ4v) is 3.31. The second-order valence-electron chi connectivity index (χ2n) is 8.03. The minimum Gasteiger partial charge on any atom is -0.486 e. The van der Waals surface area contributed by atoms with Crippen LogP contribution in [0.15, 0.2) is 42.5 Å². The van der Waals surface area contributed by atoms with Crippen LogP contribution in [0.2, 0.25) is 0 Å². The molecule has 0 radical (unpaired) electrons. The zero-order chi connectivity index (χ0) is 28.5. The number of carboxylic acids is 2. The third-order valence-electron chi connectivity index (χ3n) is 5.08. The van der Waals surface area contributed by atoms with E-state index >= 15 is 0 Å². The van der Waals surface area contributed by atoms with Gasteiger partial charge in [0.15, 0.2) is 11.5 Å². The maximum Gasteiger partial charge on any atom is 0.490 e. The van der Waals surface area contributed by atoms with Gasteiger partial charge in [0.25, 0.3) is 0 Å². The number of anilines is 1. The van der Waals surface area contributed by atoms with E-state index in [2.05, 4.69) is 26.9 Å². The van der Waals surface area contributed by atoms with Crippen LogP contribution in [0.1, 0.15) is 5.69 Å². The summed E-state index contributed by atoms with van der Waals surface area (Å²) in [5, 5.41) is 14.2. The topological polar surface area (TPSA) is 112 Å². The first-order valence-corrected chi connectivity index (χ1v) is 11.1. The lowest BCUT2D eigenvalue weighted by Gasteiger charge is -2.37. The molecule has 1 saturated heterocycles. The Morgan fingerprint density at radius 1 is 0.895 bits per heavy atom. The highest BCUT2D eigenvalue weighted by atomic mass is 19.4. The molecule has 1 fully saturated rings. The normalized spacial score (nSPS) is 17.3. The summed E-state index contributed by atoms with van der Waals surface area (Å²) >= 11 is 0. The first-order valence-electron chi connectivity index (χ1n) is 11.1. The Hall–Kier alpha value is -3.75. The summed E-state index contributed by atoms with van der Waals surface area (Å²) in [5.41, 5.74) is 1.07. The molecule has 0 spiro atoms. The smallest absolute Gasteiger partial charge is 0.486 e.